The van der Waals surface area contributed by atoms with Crippen LogP contribution in [0.2, 0.25) is 0 Å². The van der Waals surface area contributed by atoms with E-state index in [1.165, 1.54) is 18.2 Å². The molecule has 0 saturated carbocycles. The largest absolute Gasteiger partial charge is 0.341 e. The van der Waals surface area contributed by atoms with Crippen molar-refractivity contribution in [1.82, 2.24) is 14.9 Å². The maximum absolute atomic E-state index is 12.5. The van der Waals surface area contributed by atoms with E-state index in [0.29, 0.717) is 17.6 Å². The highest BCUT2D eigenvalue weighted by atomic mass is 32.2. The quantitative estimate of drug-likeness (QED) is 0.638. The second-order valence-corrected chi connectivity index (χ2v) is 7.59. The van der Waals surface area contributed by atoms with Gasteiger partial charge in [0.05, 0.1) is 11.3 Å². The van der Waals surface area contributed by atoms with Crippen LogP contribution in [0.1, 0.15) is 26.1 Å². The molecule has 23 heavy (non-hydrogen) atoms. The minimum Gasteiger partial charge on any atom is -0.341 e. The zero-order valence-corrected chi connectivity index (χ0v) is 14.8. The Labute approximate surface area is 141 Å². The SMILES string of the molecule is Cc1nc(SCC(=O)N2CC(C)CC(C)C2)c2ccccc2n1. The van der Waals surface area contributed by atoms with Gasteiger partial charge in [-0.2, -0.15) is 0 Å². The van der Waals surface area contributed by atoms with Gasteiger partial charge in [0.1, 0.15) is 10.9 Å². The summed E-state index contributed by atoms with van der Waals surface area (Å²) >= 11 is 1.53. The van der Waals surface area contributed by atoms with Crippen LogP contribution >= 0.6 is 11.8 Å². The van der Waals surface area contributed by atoms with E-state index in [9.17, 15) is 4.79 Å². The Balaban J connectivity index is 1.72. The normalized spacial score (nSPS) is 21.6. The average molecular weight is 329 g/mol. The van der Waals surface area contributed by atoms with E-state index in [4.69, 9.17) is 0 Å². The summed E-state index contributed by atoms with van der Waals surface area (Å²) in [5.41, 5.74) is 0.940. The first kappa shape index (κ1) is 16.2. The Morgan fingerprint density at radius 3 is 2.65 bits per heavy atom. The Bertz CT molecular complexity index is 708. The number of benzene rings is 1. The number of hydrogen-bond acceptors (Lipinski definition) is 4. The van der Waals surface area contributed by atoms with Crippen LogP contribution in [0.5, 0.6) is 0 Å². The minimum absolute atomic E-state index is 0.216. The van der Waals surface area contributed by atoms with E-state index >= 15 is 0 Å². The molecule has 0 N–H and O–H groups in total. The van der Waals surface area contributed by atoms with Crippen LogP contribution in [-0.2, 0) is 4.79 Å². The number of para-hydroxylation sites is 1. The molecule has 0 bridgehead atoms. The average Bonchev–Trinajstić information content (AvgIpc) is 2.51. The number of aryl methyl sites for hydroxylation is 1. The van der Waals surface area contributed by atoms with Crippen LogP contribution < -0.4 is 0 Å². The molecule has 2 atom stereocenters. The summed E-state index contributed by atoms with van der Waals surface area (Å²) in [6.07, 6.45) is 1.21. The van der Waals surface area contributed by atoms with Crippen LogP contribution in [0.15, 0.2) is 29.3 Å². The van der Waals surface area contributed by atoms with E-state index in [2.05, 4.69) is 23.8 Å². The van der Waals surface area contributed by atoms with Gasteiger partial charge in [-0.3, -0.25) is 4.79 Å². The van der Waals surface area contributed by atoms with Crippen molar-refractivity contribution >= 4 is 28.6 Å². The van der Waals surface area contributed by atoms with Crippen molar-refractivity contribution < 1.29 is 4.79 Å². The topological polar surface area (TPSA) is 46.1 Å². The molecular weight excluding hydrogens is 306 g/mol. The third-order valence-electron chi connectivity index (χ3n) is 4.23. The first-order valence-corrected chi connectivity index (χ1v) is 9.15. The number of likely N-dealkylation sites (tertiary alicyclic amines) is 1. The molecule has 3 rings (SSSR count). The third kappa shape index (κ3) is 3.83. The molecule has 1 saturated heterocycles. The number of nitrogens with zero attached hydrogens (tertiary/aromatic N) is 3. The number of piperidine rings is 1. The van der Waals surface area contributed by atoms with Gasteiger partial charge >= 0.3 is 0 Å². The van der Waals surface area contributed by atoms with Gasteiger partial charge in [0.25, 0.3) is 0 Å². The summed E-state index contributed by atoms with van der Waals surface area (Å²) < 4.78 is 0. The van der Waals surface area contributed by atoms with Crippen LogP contribution in [0.25, 0.3) is 10.9 Å². The van der Waals surface area contributed by atoms with Crippen LogP contribution in [-0.4, -0.2) is 39.6 Å². The van der Waals surface area contributed by atoms with Crippen molar-refractivity contribution in [3.8, 4) is 0 Å². The third-order valence-corrected chi connectivity index (χ3v) is 5.21. The number of fused-ring (bicyclic) bond motifs is 1. The van der Waals surface area contributed by atoms with Gasteiger partial charge in [-0.15, -0.1) is 0 Å². The van der Waals surface area contributed by atoms with Gasteiger partial charge in [0, 0.05) is 18.5 Å². The number of thioether (sulfide) groups is 1. The maximum Gasteiger partial charge on any atom is 0.233 e. The first-order chi connectivity index (χ1) is 11.0. The number of carbonyl (C=O) groups excluding carboxylic acids is 1. The van der Waals surface area contributed by atoms with Gasteiger partial charge < -0.3 is 4.90 Å². The Kier molecular flexibility index (Phi) is 4.85. The molecular formula is C18H23N3OS. The summed E-state index contributed by atoms with van der Waals surface area (Å²) in [5, 5.41) is 1.93. The Morgan fingerprint density at radius 1 is 1.22 bits per heavy atom. The summed E-state index contributed by atoms with van der Waals surface area (Å²) in [5.74, 6) is 2.59. The summed E-state index contributed by atoms with van der Waals surface area (Å²) in [6.45, 7) is 8.11. The highest BCUT2D eigenvalue weighted by Crippen LogP contribution is 2.27. The molecule has 0 aliphatic carbocycles. The second kappa shape index (κ2) is 6.87. The van der Waals surface area contributed by atoms with Crippen molar-refractivity contribution in [2.45, 2.75) is 32.2 Å². The molecule has 1 aromatic heterocycles. The summed E-state index contributed by atoms with van der Waals surface area (Å²) in [7, 11) is 0. The predicted octanol–water partition coefficient (Wildman–Crippen LogP) is 3.53. The van der Waals surface area contributed by atoms with E-state index < -0.39 is 0 Å². The minimum atomic E-state index is 0.216. The van der Waals surface area contributed by atoms with Gasteiger partial charge in [0.2, 0.25) is 5.91 Å². The fourth-order valence-corrected chi connectivity index (χ4v) is 4.32. The molecule has 1 amide bonds. The molecule has 1 aromatic carbocycles. The zero-order valence-electron chi connectivity index (χ0n) is 14.0. The standard InChI is InChI=1S/C18H23N3OS/c1-12-8-13(2)10-21(9-12)17(22)11-23-18-15-6-4-5-7-16(15)19-14(3)20-18/h4-7,12-13H,8-11H2,1-3H3. The highest BCUT2D eigenvalue weighted by Gasteiger charge is 2.25. The van der Waals surface area contributed by atoms with Crippen LogP contribution in [0.3, 0.4) is 0 Å². The number of aromatic nitrogens is 2. The van der Waals surface area contributed by atoms with Gasteiger partial charge in [-0.25, -0.2) is 9.97 Å². The monoisotopic (exact) mass is 329 g/mol. The van der Waals surface area contributed by atoms with Gasteiger partial charge in [-0.1, -0.05) is 43.8 Å². The molecule has 1 fully saturated rings. The smallest absolute Gasteiger partial charge is 0.233 e. The van der Waals surface area contributed by atoms with E-state index in [1.807, 2.05) is 36.1 Å². The number of rotatable bonds is 3. The molecule has 122 valence electrons. The number of hydrogen-bond donors (Lipinski definition) is 0. The lowest BCUT2D eigenvalue weighted by Crippen LogP contribution is -2.43. The van der Waals surface area contributed by atoms with E-state index in [1.54, 1.807) is 0 Å². The predicted molar refractivity (Wildman–Crippen MR) is 94.5 cm³/mol. The second-order valence-electron chi connectivity index (χ2n) is 6.63. The lowest BCUT2D eigenvalue weighted by molar-refractivity contribution is -0.130. The van der Waals surface area contributed by atoms with Gasteiger partial charge in [0.15, 0.2) is 0 Å². The zero-order chi connectivity index (χ0) is 16.4. The van der Waals surface area contributed by atoms with Crippen molar-refractivity contribution in [1.29, 1.82) is 0 Å². The van der Waals surface area contributed by atoms with Gasteiger partial charge in [-0.05, 0) is 31.2 Å². The maximum atomic E-state index is 12.5. The molecule has 2 aromatic rings. The van der Waals surface area contributed by atoms with Crippen molar-refractivity contribution in [2.75, 3.05) is 18.8 Å². The summed E-state index contributed by atoms with van der Waals surface area (Å²) in [4.78, 5) is 23.5. The number of amides is 1. The molecule has 1 aliphatic rings. The molecule has 1 aliphatic heterocycles. The lowest BCUT2D eigenvalue weighted by atomic mass is 9.92. The Morgan fingerprint density at radius 2 is 1.91 bits per heavy atom. The van der Waals surface area contributed by atoms with E-state index in [0.717, 1.165) is 34.8 Å². The van der Waals surface area contributed by atoms with Crippen LogP contribution in [0, 0.1) is 18.8 Å². The molecule has 2 unspecified atom stereocenters. The highest BCUT2D eigenvalue weighted by molar-refractivity contribution is 8.00. The van der Waals surface area contributed by atoms with Crippen molar-refractivity contribution in [3.05, 3.63) is 30.1 Å². The molecule has 2 heterocycles. The van der Waals surface area contributed by atoms with Crippen molar-refractivity contribution in [3.63, 3.8) is 0 Å². The lowest BCUT2D eigenvalue weighted by Gasteiger charge is -2.35. The Hall–Kier alpha value is -1.62. The molecule has 5 heteroatoms. The fourth-order valence-electron chi connectivity index (χ4n) is 3.36. The molecule has 0 spiro atoms. The summed E-state index contributed by atoms with van der Waals surface area (Å²) in [6, 6.07) is 7.97. The first-order valence-electron chi connectivity index (χ1n) is 8.17. The molecule has 0 radical (unpaired) electrons. The molecule has 4 nitrogen and oxygen atoms in total. The fraction of sp³-hybridized carbons (Fsp3) is 0.500. The van der Waals surface area contributed by atoms with Crippen molar-refractivity contribution in [2.24, 2.45) is 11.8 Å². The number of carbonyl (C=O) groups is 1. The van der Waals surface area contributed by atoms with Crippen LogP contribution in [0.4, 0.5) is 0 Å². The van der Waals surface area contributed by atoms with E-state index in [-0.39, 0.29) is 5.91 Å².